The third-order valence-corrected chi connectivity index (χ3v) is 8.51. The number of amides is 1. The zero-order chi connectivity index (χ0) is 32.3. The first-order chi connectivity index (χ1) is 23.0. The van der Waals surface area contributed by atoms with Gasteiger partial charge in [-0.25, -0.2) is 0 Å². The highest BCUT2D eigenvalue weighted by atomic mass is 16.7. The molecule has 1 fully saturated rings. The normalized spacial score (nSPS) is 14.9. The van der Waals surface area contributed by atoms with Crippen LogP contribution in [0.4, 0.5) is 34.6 Å². The number of hydrogen-bond donors (Lipinski definition) is 3. The van der Waals surface area contributed by atoms with Crippen LogP contribution >= 0.6 is 0 Å². The maximum atomic E-state index is 12.9. The molecule has 0 radical (unpaired) electrons. The van der Waals surface area contributed by atoms with Gasteiger partial charge in [-0.15, -0.1) is 0 Å². The molecular weight excluding hydrogens is 602 g/mol. The monoisotopic (exact) mass is 639 g/mol. The molecule has 3 N–H and O–H groups in total. The van der Waals surface area contributed by atoms with Crippen molar-refractivity contribution in [3.63, 3.8) is 0 Å². The van der Waals surface area contributed by atoms with E-state index in [1.807, 2.05) is 24.3 Å². The molecule has 1 aromatic heterocycles. The van der Waals surface area contributed by atoms with Crippen LogP contribution in [0.15, 0.2) is 54.6 Å². The molecular formula is C34H37N7O6. The first-order valence-corrected chi connectivity index (χ1v) is 15.5. The maximum Gasteiger partial charge on any atom is 0.253 e. The number of nitrogens with one attached hydrogen (secondary N) is 3. The van der Waals surface area contributed by atoms with Crippen LogP contribution in [0.1, 0.15) is 21.5 Å². The molecule has 1 saturated heterocycles. The van der Waals surface area contributed by atoms with Crippen molar-refractivity contribution >= 4 is 40.6 Å². The summed E-state index contributed by atoms with van der Waals surface area (Å²) in [5, 5.41) is 9.56. The summed E-state index contributed by atoms with van der Waals surface area (Å²) >= 11 is 0. The minimum Gasteiger partial charge on any atom is -0.497 e. The summed E-state index contributed by atoms with van der Waals surface area (Å²) in [5.41, 5.74) is 4.71. The summed E-state index contributed by atoms with van der Waals surface area (Å²) in [6.07, 6.45) is 0.702. The topological polar surface area (TPSA) is 132 Å². The van der Waals surface area contributed by atoms with Crippen molar-refractivity contribution in [1.82, 2.24) is 15.3 Å². The van der Waals surface area contributed by atoms with Crippen molar-refractivity contribution in [3.05, 3.63) is 71.3 Å². The predicted molar refractivity (Wildman–Crippen MR) is 178 cm³/mol. The van der Waals surface area contributed by atoms with E-state index in [9.17, 15) is 4.79 Å². The van der Waals surface area contributed by atoms with Gasteiger partial charge in [0.1, 0.15) is 23.1 Å². The number of morpholine rings is 1. The van der Waals surface area contributed by atoms with Crippen molar-refractivity contribution in [1.29, 1.82) is 0 Å². The molecule has 0 atom stereocenters. The summed E-state index contributed by atoms with van der Waals surface area (Å²) in [6.45, 7) is 4.46. The Morgan fingerprint density at radius 1 is 0.936 bits per heavy atom. The van der Waals surface area contributed by atoms with Gasteiger partial charge in [-0.3, -0.25) is 4.79 Å². The van der Waals surface area contributed by atoms with Crippen LogP contribution in [0.5, 0.6) is 23.0 Å². The van der Waals surface area contributed by atoms with E-state index in [0.29, 0.717) is 66.4 Å². The fraction of sp³-hybridized carbons (Fsp3) is 0.324. The van der Waals surface area contributed by atoms with E-state index in [-0.39, 0.29) is 12.7 Å². The Hall–Kier alpha value is -5.43. The van der Waals surface area contributed by atoms with E-state index in [4.69, 9.17) is 33.7 Å². The second-order valence-electron chi connectivity index (χ2n) is 11.3. The molecule has 0 bridgehead atoms. The van der Waals surface area contributed by atoms with Gasteiger partial charge in [0.05, 0.1) is 44.4 Å². The van der Waals surface area contributed by atoms with Gasteiger partial charge in [0, 0.05) is 50.5 Å². The highest BCUT2D eigenvalue weighted by Crippen LogP contribution is 2.44. The van der Waals surface area contributed by atoms with Crippen LogP contribution in [-0.4, -0.2) is 76.8 Å². The van der Waals surface area contributed by atoms with Crippen molar-refractivity contribution in [2.45, 2.75) is 13.0 Å². The smallest absolute Gasteiger partial charge is 0.253 e. The maximum absolute atomic E-state index is 12.9. The molecule has 4 heterocycles. The van der Waals surface area contributed by atoms with Crippen molar-refractivity contribution in [3.8, 4) is 23.0 Å². The van der Waals surface area contributed by atoms with E-state index in [0.717, 1.165) is 53.7 Å². The molecule has 47 heavy (non-hydrogen) atoms. The SMILES string of the molecule is CNC(=O)c1ccc2c(c1Nc1nc(Nc3ccc(N4CCOCC4)cc3OC)nc3c1CCN3Cc1ccc(OC)cc1)OCO2. The van der Waals surface area contributed by atoms with E-state index in [2.05, 4.69) is 43.9 Å². The van der Waals surface area contributed by atoms with Crippen LogP contribution in [0, 0.1) is 0 Å². The van der Waals surface area contributed by atoms with Crippen molar-refractivity contribution in [2.24, 2.45) is 0 Å². The molecule has 4 aromatic rings. The molecule has 0 aliphatic carbocycles. The molecule has 244 valence electrons. The van der Waals surface area contributed by atoms with Gasteiger partial charge >= 0.3 is 0 Å². The number of rotatable bonds is 10. The molecule has 3 aliphatic rings. The minimum atomic E-state index is -0.263. The lowest BCUT2D eigenvalue weighted by Crippen LogP contribution is -2.36. The van der Waals surface area contributed by atoms with Gasteiger partial charge in [-0.1, -0.05) is 12.1 Å². The zero-order valence-corrected chi connectivity index (χ0v) is 26.6. The predicted octanol–water partition coefficient (Wildman–Crippen LogP) is 4.47. The van der Waals surface area contributed by atoms with Crippen LogP contribution in [-0.2, 0) is 17.7 Å². The van der Waals surface area contributed by atoms with Crippen LogP contribution in [0.25, 0.3) is 0 Å². The third kappa shape index (κ3) is 6.09. The van der Waals surface area contributed by atoms with Crippen molar-refractivity contribution in [2.75, 3.05) is 81.3 Å². The molecule has 0 spiro atoms. The quantitative estimate of drug-likeness (QED) is 0.226. The Kier molecular flexibility index (Phi) is 8.44. The Labute approximate surface area is 272 Å². The molecule has 13 heteroatoms. The van der Waals surface area contributed by atoms with Crippen LogP contribution in [0.2, 0.25) is 0 Å². The lowest BCUT2D eigenvalue weighted by atomic mass is 10.1. The van der Waals surface area contributed by atoms with Gasteiger partial charge in [-0.2, -0.15) is 9.97 Å². The number of aromatic nitrogens is 2. The molecule has 7 rings (SSSR count). The van der Waals surface area contributed by atoms with Crippen LogP contribution < -0.4 is 44.7 Å². The summed E-state index contributed by atoms with van der Waals surface area (Å²) in [7, 11) is 4.90. The van der Waals surface area contributed by atoms with Gasteiger partial charge in [0.2, 0.25) is 12.7 Å². The Balaban J connectivity index is 1.27. The zero-order valence-electron chi connectivity index (χ0n) is 26.6. The van der Waals surface area contributed by atoms with Crippen molar-refractivity contribution < 1.29 is 28.5 Å². The third-order valence-electron chi connectivity index (χ3n) is 8.51. The molecule has 3 aliphatic heterocycles. The van der Waals surface area contributed by atoms with E-state index < -0.39 is 0 Å². The molecule has 0 unspecified atom stereocenters. The number of methoxy groups -OCH3 is 2. The van der Waals surface area contributed by atoms with E-state index in [1.54, 1.807) is 33.4 Å². The number of ether oxygens (including phenoxy) is 5. The average Bonchev–Trinajstić information content (AvgIpc) is 3.77. The Morgan fingerprint density at radius 2 is 1.77 bits per heavy atom. The second kappa shape index (κ2) is 13.1. The summed E-state index contributed by atoms with van der Waals surface area (Å²) in [5.74, 6) is 3.94. The summed E-state index contributed by atoms with van der Waals surface area (Å²) < 4.78 is 28.1. The Bertz CT molecular complexity index is 1780. The molecule has 1 amide bonds. The molecule has 13 nitrogen and oxygen atoms in total. The lowest BCUT2D eigenvalue weighted by molar-refractivity contribution is 0.0963. The number of benzene rings is 3. The number of hydrogen-bond acceptors (Lipinski definition) is 12. The highest BCUT2D eigenvalue weighted by molar-refractivity contribution is 6.02. The van der Waals surface area contributed by atoms with Gasteiger partial charge < -0.3 is 49.4 Å². The molecule has 0 saturated carbocycles. The first kappa shape index (κ1) is 30.2. The fourth-order valence-electron chi connectivity index (χ4n) is 6.04. The highest BCUT2D eigenvalue weighted by Gasteiger charge is 2.30. The van der Waals surface area contributed by atoms with Gasteiger partial charge in [0.25, 0.3) is 5.91 Å². The number of anilines is 6. The number of carbonyl (C=O) groups is 1. The number of nitrogens with zero attached hydrogens (tertiary/aromatic N) is 4. The Morgan fingerprint density at radius 3 is 2.53 bits per heavy atom. The van der Waals surface area contributed by atoms with E-state index >= 15 is 0 Å². The minimum absolute atomic E-state index is 0.0613. The second-order valence-corrected chi connectivity index (χ2v) is 11.3. The fourth-order valence-corrected chi connectivity index (χ4v) is 6.04. The largest absolute Gasteiger partial charge is 0.497 e. The average molecular weight is 640 g/mol. The number of carbonyl (C=O) groups excluding carboxylic acids is 1. The van der Waals surface area contributed by atoms with Crippen LogP contribution in [0.3, 0.4) is 0 Å². The van der Waals surface area contributed by atoms with Gasteiger partial charge in [0.15, 0.2) is 11.5 Å². The standard InChI is InChI=1S/C34H37N7O6/c1-35-33(42)24-9-11-27-30(47-20-46-27)29(24)37-31-25-12-13-41(19-21-4-7-23(43-2)8-5-21)32(25)39-34(38-31)36-26-10-6-22(18-28(26)44-3)40-14-16-45-17-15-40/h4-11,18H,12-17,19-20H2,1-3H3,(H,35,42)(H2,36,37,38,39). The summed E-state index contributed by atoms with van der Waals surface area (Å²) in [4.78, 5) is 27.4. The summed E-state index contributed by atoms with van der Waals surface area (Å²) in [6, 6.07) is 17.5. The van der Waals surface area contributed by atoms with Gasteiger partial charge in [-0.05, 0) is 48.4 Å². The first-order valence-electron chi connectivity index (χ1n) is 15.5. The van der Waals surface area contributed by atoms with E-state index in [1.165, 1.54) is 0 Å². The molecule has 3 aromatic carbocycles. The number of fused-ring (bicyclic) bond motifs is 2. The lowest BCUT2D eigenvalue weighted by Gasteiger charge is -2.29.